The van der Waals surface area contributed by atoms with E-state index in [0.717, 1.165) is 5.69 Å². The third kappa shape index (κ3) is 7.44. The van der Waals surface area contributed by atoms with Crippen LogP contribution in [0.25, 0.3) is 0 Å². The third-order valence-electron chi connectivity index (χ3n) is 5.40. The first-order valence-corrected chi connectivity index (χ1v) is 11.1. The van der Waals surface area contributed by atoms with Gasteiger partial charge in [0.2, 0.25) is 5.91 Å². The van der Waals surface area contributed by atoms with Gasteiger partial charge in [-0.1, -0.05) is 0 Å². The summed E-state index contributed by atoms with van der Waals surface area (Å²) in [4.78, 5) is 39.8. The maximum absolute atomic E-state index is 13.4. The van der Waals surface area contributed by atoms with Gasteiger partial charge in [0.15, 0.2) is 0 Å². The van der Waals surface area contributed by atoms with Gasteiger partial charge in [0.1, 0.15) is 12.3 Å². The zero-order valence-electron chi connectivity index (χ0n) is 19.8. The van der Waals surface area contributed by atoms with Crippen molar-refractivity contribution >= 4 is 23.3 Å². The molecule has 35 heavy (non-hydrogen) atoms. The molecular formula is C24H29N5O6. The lowest BCUT2D eigenvalue weighted by molar-refractivity contribution is -0.384. The first kappa shape index (κ1) is 25.5. The third-order valence-corrected chi connectivity index (χ3v) is 5.40. The van der Waals surface area contributed by atoms with Crippen LogP contribution < -0.4 is 5.32 Å². The average Bonchev–Trinajstić information content (AvgIpc) is 3.50. The van der Waals surface area contributed by atoms with Crippen LogP contribution in [0.3, 0.4) is 0 Å². The quantitative estimate of drug-likeness (QED) is 0.238. The Morgan fingerprint density at radius 2 is 1.89 bits per heavy atom. The van der Waals surface area contributed by atoms with E-state index in [1.54, 1.807) is 30.4 Å². The van der Waals surface area contributed by atoms with Gasteiger partial charge in [-0.25, -0.2) is 4.79 Å². The average molecular weight is 484 g/mol. The number of aryl methyl sites for hydroxylation is 1. The molecular weight excluding hydrogens is 454 g/mol. The molecule has 11 nitrogen and oxygen atoms in total. The summed E-state index contributed by atoms with van der Waals surface area (Å²) < 4.78 is 12.5. The van der Waals surface area contributed by atoms with Gasteiger partial charge < -0.3 is 28.8 Å². The molecule has 0 aliphatic carbocycles. The molecule has 2 heterocycles. The van der Waals surface area contributed by atoms with Crippen molar-refractivity contribution in [3.05, 3.63) is 82.6 Å². The zero-order chi connectivity index (χ0) is 25.2. The molecule has 0 unspecified atom stereocenters. The van der Waals surface area contributed by atoms with Crippen molar-refractivity contribution in [2.24, 2.45) is 7.05 Å². The number of non-ortho nitro benzene ring substituents is 1. The topological polar surface area (TPSA) is 123 Å². The van der Waals surface area contributed by atoms with E-state index in [4.69, 9.17) is 9.15 Å². The van der Waals surface area contributed by atoms with E-state index >= 15 is 0 Å². The number of rotatable bonds is 12. The van der Waals surface area contributed by atoms with Crippen LogP contribution in [-0.2, 0) is 29.7 Å². The molecule has 3 rings (SSSR count). The molecule has 3 amide bonds. The second-order valence-corrected chi connectivity index (χ2v) is 7.94. The Morgan fingerprint density at radius 1 is 1.11 bits per heavy atom. The first-order chi connectivity index (χ1) is 16.9. The number of nitrogens with zero attached hydrogens (tertiary/aromatic N) is 4. The first-order valence-electron chi connectivity index (χ1n) is 11.1. The number of anilines is 1. The van der Waals surface area contributed by atoms with E-state index in [9.17, 15) is 19.7 Å². The van der Waals surface area contributed by atoms with E-state index in [2.05, 4.69) is 5.32 Å². The van der Waals surface area contributed by atoms with Gasteiger partial charge in [-0.05, 0) is 42.8 Å². The van der Waals surface area contributed by atoms with Gasteiger partial charge in [0.25, 0.3) is 5.69 Å². The Labute approximate surface area is 203 Å². The Morgan fingerprint density at radius 3 is 2.49 bits per heavy atom. The van der Waals surface area contributed by atoms with E-state index in [1.807, 2.05) is 29.9 Å². The molecule has 0 atom stereocenters. The lowest BCUT2D eigenvalue weighted by Gasteiger charge is -2.27. The lowest BCUT2D eigenvalue weighted by atomic mass is 10.3. The monoisotopic (exact) mass is 483 g/mol. The number of furan rings is 1. The molecule has 0 saturated carbocycles. The molecule has 3 aromatic rings. The minimum Gasteiger partial charge on any atom is -0.467 e. The number of aromatic nitrogens is 1. The number of hydrogen-bond acceptors (Lipinski definition) is 6. The summed E-state index contributed by atoms with van der Waals surface area (Å²) in [5, 5.41) is 13.6. The molecule has 0 saturated heterocycles. The summed E-state index contributed by atoms with van der Waals surface area (Å²) in [7, 11) is 3.47. The number of nitro benzene ring substituents is 1. The summed E-state index contributed by atoms with van der Waals surface area (Å²) >= 11 is 0. The van der Waals surface area contributed by atoms with Crippen LogP contribution in [0.4, 0.5) is 16.2 Å². The van der Waals surface area contributed by atoms with Gasteiger partial charge in [0, 0.05) is 57.0 Å². The number of benzene rings is 1. The van der Waals surface area contributed by atoms with Gasteiger partial charge in [-0.3, -0.25) is 14.9 Å². The fourth-order valence-corrected chi connectivity index (χ4v) is 3.46. The Bertz CT molecular complexity index is 1110. The number of urea groups is 1. The molecule has 2 aromatic heterocycles. The number of nitro groups is 1. The summed E-state index contributed by atoms with van der Waals surface area (Å²) in [6.45, 7) is 1.16. The number of ether oxygens (including phenoxy) is 1. The molecule has 0 bridgehead atoms. The van der Waals surface area contributed by atoms with Crippen LogP contribution in [0.2, 0.25) is 0 Å². The fourth-order valence-electron chi connectivity index (χ4n) is 3.46. The van der Waals surface area contributed by atoms with E-state index in [-0.39, 0.29) is 31.2 Å². The number of nitrogens with one attached hydrogen (secondary N) is 1. The van der Waals surface area contributed by atoms with Crippen LogP contribution in [0.1, 0.15) is 17.9 Å². The molecule has 0 aliphatic heterocycles. The summed E-state index contributed by atoms with van der Waals surface area (Å²) in [6.07, 6.45) is 3.99. The molecule has 0 radical (unpaired) electrons. The number of methoxy groups -OCH3 is 1. The fraction of sp³-hybridized carbons (Fsp3) is 0.333. The van der Waals surface area contributed by atoms with Crippen molar-refractivity contribution in [1.82, 2.24) is 14.4 Å². The highest BCUT2D eigenvalue weighted by atomic mass is 16.6. The van der Waals surface area contributed by atoms with E-state index < -0.39 is 11.0 Å². The highest BCUT2D eigenvalue weighted by molar-refractivity contribution is 5.92. The molecule has 0 aliphatic rings. The largest absolute Gasteiger partial charge is 0.467 e. The van der Waals surface area contributed by atoms with Gasteiger partial charge in [-0.2, -0.15) is 0 Å². The van der Waals surface area contributed by atoms with Crippen molar-refractivity contribution in [2.75, 3.05) is 32.1 Å². The molecule has 0 fully saturated rings. The van der Waals surface area contributed by atoms with Crippen LogP contribution in [0.5, 0.6) is 0 Å². The lowest BCUT2D eigenvalue weighted by Crippen LogP contribution is -2.44. The van der Waals surface area contributed by atoms with Crippen molar-refractivity contribution in [1.29, 1.82) is 0 Å². The zero-order valence-corrected chi connectivity index (χ0v) is 19.8. The van der Waals surface area contributed by atoms with Crippen molar-refractivity contribution in [3.8, 4) is 0 Å². The second kappa shape index (κ2) is 12.4. The summed E-state index contributed by atoms with van der Waals surface area (Å²) in [6, 6.07) is 12.4. The highest BCUT2D eigenvalue weighted by Crippen LogP contribution is 2.17. The maximum atomic E-state index is 13.4. The van der Waals surface area contributed by atoms with Gasteiger partial charge in [-0.15, -0.1) is 0 Å². The number of amides is 3. The standard InChI is InChI=1S/C24H29N5O6/c1-26-12-3-6-21(26)16-28(17-22-7-4-15-35-22)23(30)18-27(13-5-14-34-2)24(31)25-19-8-10-20(11-9-19)29(32)33/h3-4,6-12,15H,5,13-14,16-18H2,1-2H3,(H,25,31). The Balaban J connectivity index is 1.73. The minimum atomic E-state index is -0.512. The maximum Gasteiger partial charge on any atom is 0.322 e. The summed E-state index contributed by atoms with van der Waals surface area (Å²) in [5.74, 6) is 0.382. The molecule has 0 spiro atoms. The predicted molar refractivity (Wildman–Crippen MR) is 129 cm³/mol. The van der Waals surface area contributed by atoms with Crippen molar-refractivity contribution < 1.29 is 23.7 Å². The summed E-state index contributed by atoms with van der Waals surface area (Å²) in [5.41, 5.74) is 1.25. The number of carbonyl (C=O) groups excluding carboxylic acids is 2. The van der Waals surface area contributed by atoms with Crippen LogP contribution in [0.15, 0.2) is 65.4 Å². The van der Waals surface area contributed by atoms with Gasteiger partial charge >= 0.3 is 6.03 Å². The van der Waals surface area contributed by atoms with E-state index in [1.165, 1.54) is 29.2 Å². The predicted octanol–water partition coefficient (Wildman–Crippen LogP) is 3.63. The molecule has 1 aromatic carbocycles. The van der Waals surface area contributed by atoms with E-state index in [0.29, 0.717) is 31.0 Å². The number of carbonyl (C=O) groups is 2. The number of hydrogen-bond donors (Lipinski definition) is 1. The Kier molecular flexibility index (Phi) is 9.02. The smallest absolute Gasteiger partial charge is 0.322 e. The van der Waals surface area contributed by atoms with Gasteiger partial charge in [0.05, 0.1) is 24.3 Å². The van der Waals surface area contributed by atoms with Crippen LogP contribution in [-0.4, -0.2) is 58.0 Å². The molecule has 1 N–H and O–H groups in total. The molecule has 186 valence electrons. The van der Waals surface area contributed by atoms with Crippen LogP contribution >= 0.6 is 0 Å². The normalized spacial score (nSPS) is 10.7. The highest BCUT2D eigenvalue weighted by Gasteiger charge is 2.23. The van der Waals surface area contributed by atoms with Crippen LogP contribution in [0, 0.1) is 10.1 Å². The SMILES string of the molecule is COCCCN(CC(=O)N(Cc1ccco1)Cc1cccn1C)C(=O)Nc1ccc([N+](=O)[O-])cc1. The second-order valence-electron chi connectivity index (χ2n) is 7.94. The van der Waals surface area contributed by atoms with Crippen molar-refractivity contribution in [3.63, 3.8) is 0 Å². The minimum absolute atomic E-state index is 0.0793. The Hall–Kier alpha value is -4.12. The van der Waals surface area contributed by atoms with Crippen molar-refractivity contribution in [2.45, 2.75) is 19.5 Å². The molecule has 11 heteroatoms.